The summed E-state index contributed by atoms with van der Waals surface area (Å²) in [6, 6.07) is 12.7. The van der Waals surface area contributed by atoms with E-state index in [1.165, 1.54) is 25.1 Å². The molecule has 1 saturated heterocycles. The zero-order chi connectivity index (χ0) is 20.8. The molecule has 1 heterocycles. The van der Waals surface area contributed by atoms with Gasteiger partial charge in [-0.25, -0.2) is 0 Å². The van der Waals surface area contributed by atoms with Crippen molar-refractivity contribution in [2.45, 2.75) is 32.3 Å². The lowest BCUT2D eigenvalue weighted by Gasteiger charge is -2.27. The lowest BCUT2D eigenvalue weighted by atomic mass is 10.1. The van der Waals surface area contributed by atoms with E-state index in [2.05, 4.69) is 5.32 Å². The average Bonchev–Trinajstić information content (AvgIpc) is 2.74. The van der Waals surface area contributed by atoms with Crippen molar-refractivity contribution in [2.24, 2.45) is 0 Å². The summed E-state index contributed by atoms with van der Waals surface area (Å²) in [5.41, 5.74) is 0.597. The number of hydrogen-bond donors (Lipinski definition) is 1. The zero-order valence-electron chi connectivity index (χ0n) is 16.2. The number of amides is 2. The third-order valence-electron chi connectivity index (χ3n) is 4.79. The van der Waals surface area contributed by atoms with Crippen LogP contribution in [-0.2, 0) is 4.79 Å². The Hall–Kier alpha value is -3.42. The van der Waals surface area contributed by atoms with E-state index in [1.807, 2.05) is 0 Å². The number of anilines is 1. The molecule has 0 bridgehead atoms. The van der Waals surface area contributed by atoms with E-state index in [0.29, 0.717) is 24.3 Å². The number of likely N-dealkylation sites (tertiary alicyclic amines) is 1. The summed E-state index contributed by atoms with van der Waals surface area (Å²) in [7, 11) is 0. The molecule has 0 aromatic heterocycles. The Kier molecular flexibility index (Phi) is 6.43. The third kappa shape index (κ3) is 4.90. The maximum Gasteiger partial charge on any atom is 0.310 e. The lowest BCUT2D eigenvalue weighted by molar-refractivity contribution is -0.386. The van der Waals surface area contributed by atoms with Crippen LogP contribution < -0.4 is 10.1 Å². The first-order valence-corrected chi connectivity index (χ1v) is 9.56. The first-order valence-electron chi connectivity index (χ1n) is 9.56. The normalized spacial score (nSPS) is 14.7. The van der Waals surface area contributed by atoms with E-state index >= 15 is 0 Å². The van der Waals surface area contributed by atoms with Crippen LogP contribution in [0.4, 0.5) is 11.4 Å². The van der Waals surface area contributed by atoms with E-state index in [9.17, 15) is 19.7 Å². The summed E-state index contributed by atoms with van der Waals surface area (Å²) >= 11 is 0. The van der Waals surface area contributed by atoms with Crippen molar-refractivity contribution in [3.63, 3.8) is 0 Å². The van der Waals surface area contributed by atoms with Gasteiger partial charge in [0.15, 0.2) is 11.9 Å². The number of nitrogens with zero attached hydrogens (tertiary/aromatic N) is 2. The van der Waals surface area contributed by atoms with Gasteiger partial charge in [0, 0.05) is 19.2 Å². The molecule has 1 atom stereocenters. The van der Waals surface area contributed by atoms with Gasteiger partial charge in [-0.15, -0.1) is 0 Å². The number of carbonyl (C=O) groups excluding carboxylic acids is 2. The second kappa shape index (κ2) is 9.18. The van der Waals surface area contributed by atoms with Crippen molar-refractivity contribution in [3.05, 3.63) is 64.2 Å². The maximum absolute atomic E-state index is 12.9. The van der Waals surface area contributed by atoms with Crippen LogP contribution in [0.3, 0.4) is 0 Å². The van der Waals surface area contributed by atoms with Gasteiger partial charge >= 0.3 is 5.69 Å². The van der Waals surface area contributed by atoms with Gasteiger partial charge in [0.25, 0.3) is 11.8 Å². The Labute approximate surface area is 168 Å². The fraction of sp³-hybridized carbons (Fsp3) is 0.333. The summed E-state index contributed by atoms with van der Waals surface area (Å²) in [5, 5.41) is 13.8. The van der Waals surface area contributed by atoms with Gasteiger partial charge in [-0.3, -0.25) is 19.7 Å². The SMILES string of the molecule is CC(Oc1ccccc1[N+](=O)[O-])C(=O)Nc1ccccc1C(=O)N1CCCCC1. The Morgan fingerprint density at radius 2 is 1.72 bits per heavy atom. The average molecular weight is 397 g/mol. The molecule has 1 unspecified atom stereocenters. The number of rotatable bonds is 6. The minimum atomic E-state index is -0.991. The first-order chi connectivity index (χ1) is 14.0. The van der Waals surface area contributed by atoms with E-state index in [-0.39, 0.29) is 17.3 Å². The maximum atomic E-state index is 12.9. The molecule has 0 saturated carbocycles. The van der Waals surface area contributed by atoms with Crippen molar-refractivity contribution in [1.29, 1.82) is 0 Å². The standard InChI is InChI=1S/C21H23N3O5/c1-15(29-19-12-6-5-11-18(19)24(27)28)20(25)22-17-10-4-3-9-16(17)21(26)23-13-7-2-8-14-23/h3-6,9-12,15H,2,7-8,13-14H2,1H3,(H,22,25). The molecular formula is C21H23N3O5. The zero-order valence-corrected chi connectivity index (χ0v) is 16.2. The van der Waals surface area contributed by atoms with Crippen molar-refractivity contribution in [3.8, 4) is 5.75 Å². The number of ether oxygens (including phenoxy) is 1. The Morgan fingerprint density at radius 3 is 2.45 bits per heavy atom. The second-order valence-corrected chi connectivity index (χ2v) is 6.87. The molecule has 29 heavy (non-hydrogen) atoms. The first kappa shape index (κ1) is 20.3. The van der Waals surface area contributed by atoms with E-state index in [0.717, 1.165) is 19.3 Å². The van der Waals surface area contributed by atoms with Gasteiger partial charge in [0.1, 0.15) is 0 Å². The van der Waals surface area contributed by atoms with Gasteiger partial charge in [-0.05, 0) is 44.4 Å². The summed E-state index contributed by atoms with van der Waals surface area (Å²) in [6.07, 6.45) is 2.07. The second-order valence-electron chi connectivity index (χ2n) is 6.87. The summed E-state index contributed by atoms with van der Waals surface area (Å²) < 4.78 is 5.51. The monoisotopic (exact) mass is 397 g/mol. The molecule has 0 radical (unpaired) electrons. The van der Waals surface area contributed by atoms with Crippen molar-refractivity contribution in [1.82, 2.24) is 4.90 Å². The summed E-state index contributed by atoms with van der Waals surface area (Å²) in [4.78, 5) is 37.8. The minimum Gasteiger partial charge on any atom is -0.474 e. The smallest absolute Gasteiger partial charge is 0.310 e. The largest absolute Gasteiger partial charge is 0.474 e. The highest BCUT2D eigenvalue weighted by atomic mass is 16.6. The van der Waals surface area contributed by atoms with Crippen molar-refractivity contribution >= 4 is 23.2 Å². The van der Waals surface area contributed by atoms with Crippen LogP contribution >= 0.6 is 0 Å². The molecule has 0 spiro atoms. The molecule has 3 rings (SSSR count). The van der Waals surface area contributed by atoms with Crippen molar-refractivity contribution < 1.29 is 19.2 Å². The van der Waals surface area contributed by atoms with E-state index in [1.54, 1.807) is 35.2 Å². The topological polar surface area (TPSA) is 102 Å². The molecule has 2 amide bonds. The molecule has 1 aliphatic rings. The highest BCUT2D eigenvalue weighted by Gasteiger charge is 2.24. The van der Waals surface area contributed by atoms with Gasteiger partial charge < -0.3 is 15.0 Å². The minimum absolute atomic E-state index is 0.0119. The van der Waals surface area contributed by atoms with Gasteiger partial charge in [-0.1, -0.05) is 24.3 Å². The molecule has 8 heteroatoms. The molecule has 1 aliphatic heterocycles. The molecule has 0 aliphatic carbocycles. The van der Waals surface area contributed by atoms with Crippen molar-refractivity contribution in [2.75, 3.05) is 18.4 Å². The van der Waals surface area contributed by atoms with E-state index < -0.39 is 16.9 Å². The van der Waals surface area contributed by atoms with Crippen LogP contribution in [0.1, 0.15) is 36.5 Å². The predicted molar refractivity (Wildman–Crippen MR) is 108 cm³/mol. The van der Waals surface area contributed by atoms with Crippen LogP contribution in [0, 0.1) is 10.1 Å². The van der Waals surface area contributed by atoms with Gasteiger partial charge in [-0.2, -0.15) is 0 Å². The van der Waals surface area contributed by atoms with Gasteiger partial charge in [0.05, 0.1) is 16.2 Å². The highest BCUT2D eigenvalue weighted by Crippen LogP contribution is 2.27. The molecule has 2 aromatic rings. The molecular weight excluding hydrogens is 374 g/mol. The van der Waals surface area contributed by atoms with Crippen LogP contribution in [-0.4, -0.2) is 40.8 Å². The van der Waals surface area contributed by atoms with Crippen LogP contribution in [0.25, 0.3) is 0 Å². The molecule has 152 valence electrons. The Balaban J connectivity index is 1.72. The summed E-state index contributed by atoms with van der Waals surface area (Å²) in [6.45, 7) is 2.91. The fourth-order valence-corrected chi connectivity index (χ4v) is 3.23. The number of para-hydroxylation sites is 3. The summed E-state index contributed by atoms with van der Waals surface area (Å²) in [5.74, 6) is -0.604. The molecule has 8 nitrogen and oxygen atoms in total. The third-order valence-corrected chi connectivity index (χ3v) is 4.79. The Morgan fingerprint density at radius 1 is 1.07 bits per heavy atom. The van der Waals surface area contributed by atoms with Crippen LogP contribution in [0.5, 0.6) is 5.75 Å². The van der Waals surface area contributed by atoms with Gasteiger partial charge in [0.2, 0.25) is 0 Å². The van der Waals surface area contributed by atoms with Crippen LogP contribution in [0.15, 0.2) is 48.5 Å². The quantitative estimate of drug-likeness (QED) is 0.592. The number of nitro groups is 1. The molecule has 1 N–H and O–H groups in total. The highest BCUT2D eigenvalue weighted by molar-refractivity contribution is 6.04. The number of carbonyl (C=O) groups is 2. The number of benzene rings is 2. The number of hydrogen-bond acceptors (Lipinski definition) is 5. The fourth-order valence-electron chi connectivity index (χ4n) is 3.23. The number of nitro benzene ring substituents is 1. The lowest BCUT2D eigenvalue weighted by Crippen LogP contribution is -2.36. The molecule has 2 aromatic carbocycles. The number of nitrogens with one attached hydrogen (secondary N) is 1. The predicted octanol–water partition coefficient (Wildman–Crippen LogP) is 3.63. The Bertz CT molecular complexity index is 909. The van der Waals surface area contributed by atoms with E-state index in [4.69, 9.17) is 4.74 Å². The van der Waals surface area contributed by atoms with Crippen LogP contribution in [0.2, 0.25) is 0 Å². The number of piperidine rings is 1. The molecule has 1 fully saturated rings.